The Morgan fingerprint density at radius 1 is 0.950 bits per heavy atom. The number of nitrogens with one attached hydrogen (secondary N) is 1. The lowest BCUT2D eigenvalue weighted by Gasteiger charge is -1.98. The highest BCUT2D eigenvalue weighted by Gasteiger charge is 2.09. The molecule has 0 radical (unpaired) electrons. The van der Waals surface area contributed by atoms with Crippen LogP contribution in [0.25, 0.3) is 10.9 Å². The number of rotatable bonds is 2. The molecule has 0 unspecified atom stereocenters. The Bertz CT molecular complexity index is 782. The first-order valence-electron chi connectivity index (χ1n) is 6.43. The number of fused-ring (bicyclic) bond motifs is 1. The number of aromatic nitrogens is 1. The minimum Gasteiger partial charge on any atom is -0.493 e. The molecule has 0 spiro atoms. The molecule has 0 fully saturated rings. The van der Waals surface area contributed by atoms with Gasteiger partial charge in [0.25, 0.3) is 0 Å². The van der Waals surface area contributed by atoms with Gasteiger partial charge >= 0.3 is 0 Å². The van der Waals surface area contributed by atoms with Crippen LogP contribution in [0, 0.1) is 13.8 Å². The number of H-pyrrole nitrogens is 1. The number of azo groups is 1. The van der Waals surface area contributed by atoms with Crippen LogP contribution in [0.4, 0.5) is 11.4 Å². The van der Waals surface area contributed by atoms with E-state index in [9.17, 15) is 5.11 Å². The summed E-state index contributed by atoms with van der Waals surface area (Å²) in [6, 6.07) is 13.6. The van der Waals surface area contributed by atoms with E-state index in [-0.39, 0.29) is 5.88 Å². The zero-order valence-corrected chi connectivity index (χ0v) is 11.4. The van der Waals surface area contributed by atoms with Crippen molar-refractivity contribution in [2.45, 2.75) is 13.8 Å². The van der Waals surface area contributed by atoms with E-state index < -0.39 is 0 Å². The van der Waals surface area contributed by atoms with Crippen LogP contribution >= 0.6 is 0 Å². The zero-order valence-electron chi connectivity index (χ0n) is 11.4. The number of para-hydroxylation sites is 1. The first-order chi connectivity index (χ1) is 9.63. The molecule has 0 atom stereocenters. The van der Waals surface area contributed by atoms with E-state index in [1.165, 1.54) is 0 Å². The Morgan fingerprint density at radius 2 is 1.65 bits per heavy atom. The second-order valence-electron chi connectivity index (χ2n) is 4.91. The van der Waals surface area contributed by atoms with Gasteiger partial charge in [0.1, 0.15) is 0 Å². The molecule has 20 heavy (non-hydrogen) atoms. The summed E-state index contributed by atoms with van der Waals surface area (Å²) in [5.41, 5.74) is 4.38. The summed E-state index contributed by atoms with van der Waals surface area (Å²) >= 11 is 0. The van der Waals surface area contributed by atoms with Gasteiger partial charge in [0, 0.05) is 5.39 Å². The number of aromatic hydroxyl groups is 1. The number of aromatic amines is 1. The van der Waals surface area contributed by atoms with Gasteiger partial charge in [-0.3, -0.25) is 0 Å². The van der Waals surface area contributed by atoms with E-state index in [0.717, 1.165) is 27.7 Å². The second-order valence-corrected chi connectivity index (χ2v) is 4.91. The molecule has 2 aromatic carbocycles. The number of nitrogens with zero attached hydrogens (tertiary/aromatic N) is 2. The summed E-state index contributed by atoms with van der Waals surface area (Å²) < 4.78 is 0. The van der Waals surface area contributed by atoms with Crippen molar-refractivity contribution in [2.75, 3.05) is 0 Å². The molecule has 4 heteroatoms. The number of benzene rings is 2. The highest BCUT2D eigenvalue weighted by Crippen LogP contribution is 2.36. The van der Waals surface area contributed by atoms with Crippen LogP contribution in [0.3, 0.4) is 0 Å². The van der Waals surface area contributed by atoms with Crippen molar-refractivity contribution < 1.29 is 5.11 Å². The fourth-order valence-electron chi connectivity index (χ4n) is 2.33. The molecule has 3 aromatic rings. The molecule has 0 aliphatic carbocycles. The summed E-state index contributed by atoms with van der Waals surface area (Å²) in [5.74, 6) is 0.0410. The van der Waals surface area contributed by atoms with Gasteiger partial charge in [-0.15, -0.1) is 5.11 Å². The Labute approximate surface area is 116 Å². The molecular weight excluding hydrogens is 250 g/mol. The molecule has 100 valence electrons. The molecule has 0 bridgehead atoms. The smallest absolute Gasteiger partial charge is 0.218 e. The molecule has 0 aliphatic heterocycles. The summed E-state index contributed by atoms with van der Waals surface area (Å²) in [5, 5.41) is 19.2. The lowest BCUT2D eigenvalue weighted by molar-refractivity contribution is 0.459. The maximum Gasteiger partial charge on any atom is 0.218 e. The van der Waals surface area contributed by atoms with Crippen molar-refractivity contribution in [2.24, 2.45) is 10.2 Å². The van der Waals surface area contributed by atoms with E-state index in [0.29, 0.717) is 5.69 Å². The van der Waals surface area contributed by atoms with Crippen LogP contribution in [0.5, 0.6) is 5.88 Å². The SMILES string of the molecule is Cc1cc(C)cc(N=Nc2c(O)[nH]c3ccccc23)c1. The summed E-state index contributed by atoms with van der Waals surface area (Å²) in [6.45, 7) is 4.05. The van der Waals surface area contributed by atoms with Crippen molar-refractivity contribution in [3.8, 4) is 5.88 Å². The van der Waals surface area contributed by atoms with Gasteiger partial charge in [-0.25, -0.2) is 0 Å². The van der Waals surface area contributed by atoms with E-state index in [4.69, 9.17) is 0 Å². The summed E-state index contributed by atoms with van der Waals surface area (Å²) in [7, 11) is 0. The van der Waals surface area contributed by atoms with Crippen molar-refractivity contribution in [3.63, 3.8) is 0 Å². The lowest BCUT2D eigenvalue weighted by Crippen LogP contribution is -1.75. The molecule has 3 rings (SSSR count). The lowest BCUT2D eigenvalue weighted by atomic mass is 10.1. The van der Waals surface area contributed by atoms with E-state index in [1.54, 1.807) is 0 Å². The van der Waals surface area contributed by atoms with Gasteiger partial charge in [-0.1, -0.05) is 24.3 Å². The van der Waals surface area contributed by atoms with Crippen molar-refractivity contribution in [1.29, 1.82) is 0 Å². The third-order valence-electron chi connectivity index (χ3n) is 3.13. The van der Waals surface area contributed by atoms with Crippen LogP contribution < -0.4 is 0 Å². The third-order valence-corrected chi connectivity index (χ3v) is 3.13. The van der Waals surface area contributed by atoms with E-state index >= 15 is 0 Å². The largest absolute Gasteiger partial charge is 0.493 e. The predicted molar refractivity (Wildman–Crippen MR) is 80.1 cm³/mol. The highest BCUT2D eigenvalue weighted by atomic mass is 16.3. The van der Waals surface area contributed by atoms with E-state index in [1.807, 2.05) is 50.2 Å². The molecule has 0 saturated heterocycles. The summed E-state index contributed by atoms with van der Waals surface area (Å²) in [6.07, 6.45) is 0. The monoisotopic (exact) mass is 265 g/mol. The van der Waals surface area contributed by atoms with Crippen LogP contribution in [0.2, 0.25) is 0 Å². The second kappa shape index (κ2) is 4.81. The van der Waals surface area contributed by atoms with Gasteiger partial charge in [-0.2, -0.15) is 5.11 Å². The Kier molecular flexibility index (Phi) is 2.99. The first kappa shape index (κ1) is 12.4. The van der Waals surface area contributed by atoms with Gasteiger partial charge in [0.05, 0.1) is 11.2 Å². The van der Waals surface area contributed by atoms with E-state index in [2.05, 4.69) is 21.3 Å². The molecule has 0 saturated carbocycles. The normalized spacial score (nSPS) is 11.5. The molecule has 2 N–H and O–H groups in total. The highest BCUT2D eigenvalue weighted by molar-refractivity contribution is 5.94. The minimum atomic E-state index is 0.0410. The van der Waals surface area contributed by atoms with Gasteiger partial charge in [0.2, 0.25) is 5.88 Å². The Hall–Kier alpha value is -2.62. The number of aryl methyl sites for hydroxylation is 2. The van der Waals surface area contributed by atoms with Crippen LogP contribution in [0.15, 0.2) is 52.7 Å². The zero-order chi connectivity index (χ0) is 14.1. The molecular formula is C16H15N3O. The molecule has 0 amide bonds. The first-order valence-corrected chi connectivity index (χ1v) is 6.43. The molecule has 1 aromatic heterocycles. The Morgan fingerprint density at radius 3 is 2.40 bits per heavy atom. The van der Waals surface area contributed by atoms with Gasteiger partial charge in [0.15, 0.2) is 5.69 Å². The molecule has 1 heterocycles. The standard InChI is InChI=1S/C16H15N3O/c1-10-7-11(2)9-12(8-10)18-19-15-13-5-3-4-6-14(13)17-16(15)20/h3-9,17,20H,1-2H3. The summed E-state index contributed by atoms with van der Waals surface area (Å²) in [4.78, 5) is 2.89. The molecule has 0 aliphatic rings. The van der Waals surface area contributed by atoms with Crippen molar-refractivity contribution >= 4 is 22.3 Å². The van der Waals surface area contributed by atoms with Crippen LogP contribution in [-0.4, -0.2) is 10.1 Å². The number of hydrogen-bond donors (Lipinski definition) is 2. The minimum absolute atomic E-state index is 0.0410. The average molecular weight is 265 g/mol. The third kappa shape index (κ3) is 2.28. The quantitative estimate of drug-likeness (QED) is 0.636. The predicted octanol–water partition coefficient (Wildman–Crippen LogP) is 4.91. The average Bonchev–Trinajstić information content (AvgIpc) is 2.71. The maximum absolute atomic E-state index is 9.91. The fourth-order valence-corrected chi connectivity index (χ4v) is 2.33. The van der Waals surface area contributed by atoms with Gasteiger partial charge in [-0.05, 0) is 43.2 Å². The maximum atomic E-state index is 9.91. The fraction of sp³-hybridized carbons (Fsp3) is 0.125. The van der Waals surface area contributed by atoms with Gasteiger partial charge < -0.3 is 10.1 Å². The topological polar surface area (TPSA) is 60.7 Å². The van der Waals surface area contributed by atoms with Crippen molar-refractivity contribution in [3.05, 3.63) is 53.6 Å². The number of hydrogen-bond acceptors (Lipinski definition) is 3. The van der Waals surface area contributed by atoms with Crippen LogP contribution in [0.1, 0.15) is 11.1 Å². The van der Waals surface area contributed by atoms with Crippen molar-refractivity contribution in [1.82, 2.24) is 4.98 Å². The Balaban J connectivity index is 2.04. The van der Waals surface area contributed by atoms with Crippen LogP contribution in [-0.2, 0) is 0 Å². The molecule has 4 nitrogen and oxygen atoms in total.